The summed E-state index contributed by atoms with van der Waals surface area (Å²) in [4.78, 5) is 0. The van der Waals surface area contributed by atoms with Crippen LogP contribution in [0.2, 0.25) is 0 Å². The van der Waals surface area contributed by atoms with Crippen molar-refractivity contribution in [2.45, 2.75) is 38.6 Å². The molecular weight excluding hydrogens is 302 g/mol. The minimum absolute atomic E-state index is 0.570. The van der Waals surface area contributed by atoms with E-state index in [4.69, 9.17) is 4.42 Å². The van der Waals surface area contributed by atoms with Gasteiger partial charge in [0.2, 0.25) is 0 Å². The van der Waals surface area contributed by atoms with Gasteiger partial charge in [0.25, 0.3) is 0 Å². The van der Waals surface area contributed by atoms with Crippen molar-refractivity contribution >= 4 is 26.9 Å². The maximum atomic E-state index is 6.00. The minimum Gasteiger partial charge on any atom is -0.461 e. The van der Waals surface area contributed by atoms with Crippen molar-refractivity contribution in [2.24, 2.45) is 5.92 Å². The largest absolute Gasteiger partial charge is 0.461 e. The molecule has 0 saturated heterocycles. The van der Waals surface area contributed by atoms with E-state index in [1.165, 1.54) is 18.2 Å². The Morgan fingerprint density at radius 2 is 2.21 bits per heavy atom. The lowest BCUT2D eigenvalue weighted by atomic mass is 9.69. The Morgan fingerprint density at radius 1 is 1.37 bits per heavy atom. The average molecular weight is 322 g/mol. The number of fused-ring (bicyclic) bond motifs is 1. The zero-order chi connectivity index (χ0) is 13.4. The van der Waals surface area contributed by atoms with Crippen LogP contribution in [0, 0.1) is 5.92 Å². The van der Waals surface area contributed by atoms with E-state index in [9.17, 15) is 0 Å². The molecule has 0 aliphatic heterocycles. The predicted octanol–water partition coefficient (Wildman–Crippen LogP) is 4.69. The summed E-state index contributed by atoms with van der Waals surface area (Å²) in [6.07, 6.45) is 2.40. The molecule has 19 heavy (non-hydrogen) atoms. The fourth-order valence-corrected chi connectivity index (χ4v) is 3.36. The second-order valence-corrected chi connectivity index (χ2v) is 6.51. The number of nitrogens with one attached hydrogen (secondary N) is 1. The van der Waals surface area contributed by atoms with Gasteiger partial charge in [-0.15, -0.1) is 0 Å². The Balaban J connectivity index is 1.75. The summed E-state index contributed by atoms with van der Waals surface area (Å²) in [6.45, 7) is 5.66. The molecule has 0 bridgehead atoms. The number of hydrogen-bond donors (Lipinski definition) is 1. The van der Waals surface area contributed by atoms with Crippen molar-refractivity contribution in [3.05, 3.63) is 34.5 Å². The monoisotopic (exact) mass is 321 g/mol. The highest BCUT2D eigenvalue weighted by atomic mass is 79.9. The molecule has 1 N–H and O–H groups in total. The fourth-order valence-electron chi connectivity index (χ4n) is 2.98. The summed E-state index contributed by atoms with van der Waals surface area (Å²) in [5.41, 5.74) is 0.996. The van der Waals surface area contributed by atoms with E-state index in [0.717, 1.165) is 22.4 Å². The maximum absolute atomic E-state index is 6.00. The molecule has 2 nitrogen and oxygen atoms in total. The number of hydrogen-bond acceptors (Lipinski definition) is 2. The summed E-state index contributed by atoms with van der Waals surface area (Å²) in [5.74, 6) is 2.38. The molecular formula is C16H20BrNO. The van der Waals surface area contributed by atoms with E-state index >= 15 is 0 Å². The van der Waals surface area contributed by atoms with Gasteiger partial charge in [0, 0.05) is 21.8 Å². The van der Waals surface area contributed by atoms with Crippen LogP contribution in [-0.4, -0.2) is 12.6 Å². The van der Waals surface area contributed by atoms with Crippen molar-refractivity contribution in [1.29, 1.82) is 0 Å². The standard InChI is InChI=1S/C16H20BrNO/c1-3-6-18-14-9-13(10(14)2)16-8-11-7-12(17)4-5-15(11)19-16/h4-5,7-8,10,13-14,18H,3,6,9H2,1-2H3. The molecule has 0 amide bonds. The lowest BCUT2D eigenvalue weighted by Gasteiger charge is -2.42. The third-order valence-electron chi connectivity index (χ3n) is 4.30. The second-order valence-electron chi connectivity index (χ2n) is 5.59. The molecule has 0 spiro atoms. The number of furan rings is 1. The third kappa shape index (κ3) is 2.46. The Morgan fingerprint density at radius 3 is 2.95 bits per heavy atom. The average Bonchev–Trinajstić information content (AvgIpc) is 2.79. The molecule has 1 aromatic carbocycles. The molecule has 3 atom stereocenters. The quantitative estimate of drug-likeness (QED) is 0.883. The van der Waals surface area contributed by atoms with Gasteiger partial charge in [0.05, 0.1) is 0 Å². The van der Waals surface area contributed by atoms with Gasteiger partial charge in [-0.2, -0.15) is 0 Å². The number of rotatable bonds is 4. The van der Waals surface area contributed by atoms with Crippen LogP contribution in [0.4, 0.5) is 0 Å². The van der Waals surface area contributed by atoms with Gasteiger partial charge in [-0.3, -0.25) is 0 Å². The SMILES string of the molecule is CCCNC1CC(c2cc3cc(Br)ccc3o2)C1C. The third-order valence-corrected chi connectivity index (χ3v) is 4.79. The molecule has 102 valence electrons. The second kappa shape index (κ2) is 5.29. The molecule has 1 saturated carbocycles. The first-order valence-electron chi connectivity index (χ1n) is 7.11. The zero-order valence-corrected chi connectivity index (χ0v) is 13.0. The molecule has 3 unspecified atom stereocenters. The molecule has 1 aliphatic rings. The van der Waals surface area contributed by atoms with Gasteiger partial charge in [-0.05, 0) is 49.6 Å². The van der Waals surface area contributed by atoms with Crippen LogP contribution in [0.15, 0.2) is 33.2 Å². The lowest BCUT2D eigenvalue weighted by molar-refractivity contribution is 0.165. The van der Waals surface area contributed by atoms with Crippen LogP contribution in [-0.2, 0) is 0 Å². The van der Waals surface area contributed by atoms with Crippen LogP contribution in [0.5, 0.6) is 0 Å². The van der Waals surface area contributed by atoms with E-state index in [0.29, 0.717) is 17.9 Å². The van der Waals surface area contributed by atoms with Crippen molar-refractivity contribution in [2.75, 3.05) is 6.54 Å². The summed E-state index contributed by atoms with van der Waals surface area (Å²) in [5, 5.41) is 4.81. The molecule has 1 aromatic heterocycles. The summed E-state index contributed by atoms with van der Waals surface area (Å²) in [7, 11) is 0. The van der Waals surface area contributed by atoms with Crippen molar-refractivity contribution in [1.82, 2.24) is 5.32 Å². The summed E-state index contributed by atoms with van der Waals surface area (Å²) < 4.78 is 7.11. The first-order chi connectivity index (χ1) is 9.19. The van der Waals surface area contributed by atoms with E-state index in [2.05, 4.69) is 47.2 Å². The summed E-state index contributed by atoms with van der Waals surface area (Å²) in [6, 6.07) is 9.06. The first kappa shape index (κ1) is 13.2. The van der Waals surface area contributed by atoms with Crippen LogP contribution in [0.1, 0.15) is 38.4 Å². The Labute approximate surface area is 122 Å². The first-order valence-corrected chi connectivity index (χ1v) is 7.90. The molecule has 3 heteroatoms. The van der Waals surface area contributed by atoms with Gasteiger partial charge in [0.1, 0.15) is 11.3 Å². The van der Waals surface area contributed by atoms with E-state index in [1.807, 2.05) is 12.1 Å². The smallest absolute Gasteiger partial charge is 0.134 e. The zero-order valence-electron chi connectivity index (χ0n) is 11.4. The predicted molar refractivity (Wildman–Crippen MR) is 82.5 cm³/mol. The highest BCUT2D eigenvalue weighted by molar-refractivity contribution is 9.10. The van der Waals surface area contributed by atoms with E-state index in [1.54, 1.807) is 0 Å². The summed E-state index contributed by atoms with van der Waals surface area (Å²) >= 11 is 3.51. The lowest BCUT2D eigenvalue weighted by Crippen LogP contribution is -2.47. The van der Waals surface area contributed by atoms with Crippen LogP contribution < -0.4 is 5.32 Å². The Hall–Kier alpha value is -0.800. The molecule has 0 radical (unpaired) electrons. The van der Waals surface area contributed by atoms with Gasteiger partial charge in [-0.1, -0.05) is 29.8 Å². The van der Waals surface area contributed by atoms with Crippen molar-refractivity contribution in [3.8, 4) is 0 Å². The minimum atomic E-state index is 0.570. The Kier molecular flexibility index (Phi) is 3.68. The van der Waals surface area contributed by atoms with Crippen LogP contribution in [0.25, 0.3) is 11.0 Å². The molecule has 1 heterocycles. The Bertz CT molecular complexity index is 577. The molecule has 1 aliphatic carbocycles. The van der Waals surface area contributed by atoms with Gasteiger partial charge >= 0.3 is 0 Å². The normalized spacial score (nSPS) is 26.6. The van der Waals surface area contributed by atoms with E-state index < -0.39 is 0 Å². The van der Waals surface area contributed by atoms with E-state index in [-0.39, 0.29) is 0 Å². The van der Waals surface area contributed by atoms with Crippen molar-refractivity contribution < 1.29 is 4.42 Å². The van der Waals surface area contributed by atoms with Gasteiger partial charge in [0.15, 0.2) is 0 Å². The van der Waals surface area contributed by atoms with Crippen LogP contribution >= 0.6 is 15.9 Å². The van der Waals surface area contributed by atoms with Gasteiger partial charge < -0.3 is 9.73 Å². The molecule has 3 rings (SSSR count). The topological polar surface area (TPSA) is 25.2 Å². The van der Waals surface area contributed by atoms with Crippen molar-refractivity contribution in [3.63, 3.8) is 0 Å². The fraction of sp³-hybridized carbons (Fsp3) is 0.500. The van der Waals surface area contributed by atoms with Crippen LogP contribution in [0.3, 0.4) is 0 Å². The molecule has 1 fully saturated rings. The molecule has 2 aromatic rings. The highest BCUT2D eigenvalue weighted by Gasteiger charge is 2.39. The maximum Gasteiger partial charge on any atom is 0.134 e. The number of halogens is 1. The highest BCUT2D eigenvalue weighted by Crippen LogP contribution is 2.44. The number of benzene rings is 1. The van der Waals surface area contributed by atoms with Gasteiger partial charge in [-0.25, -0.2) is 0 Å².